The first-order valence-corrected chi connectivity index (χ1v) is 4.31. The monoisotopic (exact) mass is 291 g/mol. The zero-order valence-corrected chi connectivity index (χ0v) is 8.42. The highest BCUT2D eigenvalue weighted by atomic mass is 79.9. The summed E-state index contributed by atoms with van der Waals surface area (Å²) >= 11 is 2.53. The van der Waals surface area contributed by atoms with Crippen molar-refractivity contribution in [3.05, 3.63) is 32.2 Å². The third-order valence-corrected chi connectivity index (χ3v) is 2.16. The lowest BCUT2D eigenvalue weighted by Crippen LogP contribution is -2.23. The summed E-state index contributed by atoms with van der Waals surface area (Å²) in [5, 5.41) is 0. The van der Waals surface area contributed by atoms with E-state index in [4.69, 9.17) is 0 Å². The quantitative estimate of drug-likeness (QED) is 0.793. The second-order valence-corrected chi connectivity index (χ2v) is 3.41. The maximum absolute atomic E-state index is 12.3. The topological polar surface area (TPSA) is 32.9 Å². The lowest BCUT2D eigenvalue weighted by Gasteiger charge is -2.11. The van der Waals surface area contributed by atoms with Gasteiger partial charge in [-0.1, -0.05) is 0 Å². The Hall–Kier alpha value is -0.920. The summed E-state index contributed by atoms with van der Waals surface area (Å²) in [6.45, 7) is 0. The van der Waals surface area contributed by atoms with Crippen LogP contribution in [0.4, 0.5) is 22.0 Å². The van der Waals surface area contributed by atoms with Gasteiger partial charge in [-0.15, -0.1) is 0 Å². The molecule has 2 nitrogen and oxygen atoms in total. The smallest absolute Gasteiger partial charge is 0.359 e. The van der Waals surface area contributed by atoms with E-state index in [2.05, 4.69) is 15.9 Å². The maximum atomic E-state index is 12.3. The van der Waals surface area contributed by atoms with E-state index >= 15 is 0 Å². The number of pyridine rings is 1. The summed E-state index contributed by atoms with van der Waals surface area (Å²) in [5.74, 6) is 0. The van der Waals surface area contributed by atoms with Gasteiger partial charge in [-0.3, -0.25) is 4.79 Å². The zero-order chi connectivity index (χ0) is 11.8. The van der Waals surface area contributed by atoms with Crippen LogP contribution >= 0.6 is 15.9 Å². The molecule has 0 radical (unpaired) electrons. The van der Waals surface area contributed by atoms with Gasteiger partial charge in [-0.05, 0) is 15.9 Å². The highest BCUT2D eigenvalue weighted by Crippen LogP contribution is 2.33. The van der Waals surface area contributed by atoms with Crippen molar-refractivity contribution in [1.29, 1.82) is 0 Å². The Morgan fingerprint density at radius 1 is 1.33 bits per heavy atom. The zero-order valence-electron chi connectivity index (χ0n) is 6.83. The standard InChI is InChI=1S/C7H3BrF5NO/c8-2-1-14-4(6(9)10)3(5(2)15)7(11,12)13/h1,6H,(H,14,15). The van der Waals surface area contributed by atoms with Crippen molar-refractivity contribution in [1.82, 2.24) is 4.98 Å². The Balaban J connectivity index is 3.57. The van der Waals surface area contributed by atoms with Crippen LogP contribution in [0, 0.1) is 0 Å². The lowest BCUT2D eigenvalue weighted by molar-refractivity contribution is -0.140. The molecule has 0 saturated carbocycles. The molecule has 8 heteroatoms. The van der Waals surface area contributed by atoms with Gasteiger partial charge in [0.25, 0.3) is 6.43 Å². The Kier molecular flexibility index (Phi) is 3.17. The summed E-state index contributed by atoms with van der Waals surface area (Å²) in [6.07, 6.45) is -7.75. The summed E-state index contributed by atoms with van der Waals surface area (Å²) in [6, 6.07) is 0. The second kappa shape index (κ2) is 3.92. The molecule has 0 saturated heterocycles. The van der Waals surface area contributed by atoms with E-state index in [1.54, 1.807) is 4.98 Å². The molecule has 1 heterocycles. The summed E-state index contributed by atoms with van der Waals surface area (Å²) in [7, 11) is 0. The minimum Gasteiger partial charge on any atom is -0.359 e. The van der Waals surface area contributed by atoms with Crippen LogP contribution < -0.4 is 5.43 Å². The van der Waals surface area contributed by atoms with E-state index in [1.165, 1.54) is 0 Å². The number of aromatic amines is 1. The van der Waals surface area contributed by atoms with Crippen LogP contribution in [0.25, 0.3) is 0 Å². The molecule has 0 atom stereocenters. The molecule has 0 spiro atoms. The number of H-pyrrole nitrogens is 1. The number of rotatable bonds is 1. The predicted molar refractivity (Wildman–Crippen MR) is 44.7 cm³/mol. The molecule has 15 heavy (non-hydrogen) atoms. The van der Waals surface area contributed by atoms with Gasteiger partial charge in [0.15, 0.2) is 0 Å². The molecule has 0 fully saturated rings. The predicted octanol–water partition coefficient (Wildman–Crippen LogP) is 3.09. The number of hydrogen-bond donors (Lipinski definition) is 1. The number of nitrogens with one attached hydrogen (secondary N) is 1. The fraction of sp³-hybridized carbons (Fsp3) is 0.286. The van der Waals surface area contributed by atoms with Gasteiger partial charge in [0.1, 0.15) is 5.56 Å². The third kappa shape index (κ3) is 2.36. The van der Waals surface area contributed by atoms with Gasteiger partial charge in [-0.2, -0.15) is 13.2 Å². The summed E-state index contributed by atoms with van der Waals surface area (Å²) in [4.78, 5) is 12.8. The molecule has 0 aromatic carbocycles. The largest absolute Gasteiger partial charge is 0.422 e. The normalized spacial score (nSPS) is 12.2. The molecular weight excluding hydrogens is 289 g/mol. The molecule has 0 aliphatic carbocycles. The molecule has 0 bridgehead atoms. The molecule has 1 N–H and O–H groups in total. The Morgan fingerprint density at radius 2 is 1.87 bits per heavy atom. The van der Waals surface area contributed by atoms with Crippen molar-refractivity contribution in [3.8, 4) is 0 Å². The average Bonchev–Trinajstić information content (AvgIpc) is 2.06. The lowest BCUT2D eigenvalue weighted by atomic mass is 10.2. The molecule has 0 aliphatic rings. The van der Waals surface area contributed by atoms with Gasteiger partial charge in [0.05, 0.1) is 10.2 Å². The first-order valence-electron chi connectivity index (χ1n) is 3.51. The summed E-state index contributed by atoms with van der Waals surface area (Å²) in [5.41, 5.74) is -4.79. The Labute approximate surface area is 88.2 Å². The average molecular weight is 292 g/mol. The van der Waals surface area contributed by atoms with Crippen LogP contribution in [-0.4, -0.2) is 4.98 Å². The van der Waals surface area contributed by atoms with Gasteiger partial charge in [-0.25, -0.2) is 8.78 Å². The molecule has 0 unspecified atom stereocenters. The van der Waals surface area contributed by atoms with E-state index in [1.807, 2.05) is 0 Å². The van der Waals surface area contributed by atoms with Crippen molar-refractivity contribution in [3.63, 3.8) is 0 Å². The van der Waals surface area contributed by atoms with Crippen molar-refractivity contribution < 1.29 is 22.0 Å². The van der Waals surface area contributed by atoms with Gasteiger partial charge < -0.3 is 4.98 Å². The fourth-order valence-electron chi connectivity index (χ4n) is 0.974. The molecule has 1 aromatic rings. The molecule has 0 amide bonds. The van der Waals surface area contributed by atoms with Crippen molar-refractivity contribution in [2.75, 3.05) is 0 Å². The number of aromatic nitrogens is 1. The Bertz CT molecular complexity index is 424. The van der Waals surface area contributed by atoms with Gasteiger partial charge >= 0.3 is 6.18 Å². The molecule has 1 aromatic heterocycles. The first-order chi connectivity index (χ1) is 6.75. The highest BCUT2D eigenvalue weighted by molar-refractivity contribution is 9.10. The van der Waals surface area contributed by atoms with Crippen LogP contribution in [0.15, 0.2) is 15.5 Å². The molecule has 0 aliphatic heterocycles. The summed E-state index contributed by atoms with van der Waals surface area (Å²) < 4.78 is 60.7. The van der Waals surface area contributed by atoms with Crippen LogP contribution in [0.1, 0.15) is 17.7 Å². The second-order valence-electron chi connectivity index (χ2n) is 2.55. The fourth-order valence-corrected chi connectivity index (χ4v) is 1.29. The molecule has 1 rings (SSSR count). The maximum Gasteiger partial charge on any atom is 0.422 e. The Morgan fingerprint density at radius 3 is 2.27 bits per heavy atom. The van der Waals surface area contributed by atoms with Gasteiger partial charge in [0.2, 0.25) is 5.43 Å². The van der Waals surface area contributed by atoms with E-state index < -0.39 is 33.8 Å². The minimum atomic E-state index is -5.11. The number of halogens is 6. The molecule has 84 valence electrons. The van der Waals surface area contributed by atoms with Crippen molar-refractivity contribution in [2.45, 2.75) is 12.6 Å². The van der Waals surface area contributed by atoms with E-state index in [0.717, 1.165) is 6.20 Å². The van der Waals surface area contributed by atoms with Gasteiger partial charge in [0, 0.05) is 6.20 Å². The minimum absolute atomic E-state index is 0.445. The van der Waals surface area contributed by atoms with Crippen molar-refractivity contribution >= 4 is 15.9 Å². The van der Waals surface area contributed by atoms with Crippen molar-refractivity contribution in [2.24, 2.45) is 0 Å². The molecular formula is C7H3BrF5NO. The van der Waals surface area contributed by atoms with E-state index in [9.17, 15) is 26.7 Å². The third-order valence-electron chi connectivity index (χ3n) is 1.57. The van der Waals surface area contributed by atoms with Crippen LogP contribution in [0.3, 0.4) is 0 Å². The van der Waals surface area contributed by atoms with E-state index in [-0.39, 0.29) is 0 Å². The number of alkyl halides is 5. The van der Waals surface area contributed by atoms with Crippen LogP contribution in [0.2, 0.25) is 0 Å². The first kappa shape index (κ1) is 12.2. The SMILES string of the molecule is O=c1c(Br)c[nH]c(C(F)F)c1C(F)(F)F. The highest BCUT2D eigenvalue weighted by Gasteiger charge is 2.39. The number of hydrogen-bond acceptors (Lipinski definition) is 1. The van der Waals surface area contributed by atoms with E-state index in [0.29, 0.717) is 0 Å². The van der Waals surface area contributed by atoms with Crippen LogP contribution in [-0.2, 0) is 6.18 Å². The van der Waals surface area contributed by atoms with Crippen LogP contribution in [0.5, 0.6) is 0 Å².